The lowest BCUT2D eigenvalue weighted by Crippen LogP contribution is -2.45. The summed E-state index contributed by atoms with van der Waals surface area (Å²) in [5.41, 5.74) is 2.60. The average Bonchev–Trinajstić information content (AvgIpc) is 2.48. The van der Waals surface area contributed by atoms with Gasteiger partial charge in [0.2, 0.25) is 0 Å². The Morgan fingerprint density at radius 3 is 3.00 bits per heavy atom. The van der Waals surface area contributed by atoms with Crippen molar-refractivity contribution in [2.45, 2.75) is 52.0 Å². The highest BCUT2D eigenvalue weighted by molar-refractivity contribution is 5.79. The number of hydrogen-bond acceptors (Lipinski definition) is 2. The summed E-state index contributed by atoms with van der Waals surface area (Å²) in [6.45, 7) is 5.35. The standard InChI is InChI=1S/C17H28N4/c1-13-5-4-6-16(11-13)21-17(18-3)20-10-8-15-7-9-19-12-14(15)2/h7,9,12-13,16H,4-6,8,10-11H2,1-3H3,(H2,18,20,21). The Morgan fingerprint density at radius 2 is 2.29 bits per heavy atom. The van der Waals surface area contributed by atoms with Crippen LogP contribution in [0.15, 0.2) is 23.5 Å². The SMILES string of the molecule is CN=C(NCCc1ccncc1C)NC1CCCC(C)C1. The third kappa shape index (κ3) is 5.03. The van der Waals surface area contributed by atoms with Crippen LogP contribution in [0.1, 0.15) is 43.7 Å². The van der Waals surface area contributed by atoms with Crippen LogP contribution in [0.4, 0.5) is 0 Å². The predicted octanol–water partition coefficient (Wildman–Crippen LogP) is 2.68. The van der Waals surface area contributed by atoms with E-state index in [9.17, 15) is 0 Å². The molecule has 1 aliphatic rings. The van der Waals surface area contributed by atoms with Crippen LogP contribution in [0.25, 0.3) is 0 Å². The monoisotopic (exact) mass is 288 g/mol. The molecule has 0 spiro atoms. The Balaban J connectivity index is 1.76. The van der Waals surface area contributed by atoms with Crippen molar-refractivity contribution >= 4 is 5.96 Å². The molecule has 0 amide bonds. The summed E-state index contributed by atoms with van der Waals surface area (Å²) in [4.78, 5) is 8.48. The first-order chi connectivity index (χ1) is 10.2. The Morgan fingerprint density at radius 1 is 1.43 bits per heavy atom. The van der Waals surface area contributed by atoms with Gasteiger partial charge in [0.15, 0.2) is 5.96 Å². The first kappa shape index (κ1) is 15.8. The molecule has 116 valence electrons. The molecule has 1 aliphatic carbocycles. The number of aromatic nitrogens is 1. The van der Waals surface area contributed by atoms with Crippen molar-refractivity contribution in [1.29, 1.82) is 0 Å². The van der Waals surface area contributed by atoms with Gasteiger partial charge in [0.25, 0.3) is 0 Å². The number of hydrogen-bond donors (Lipinski definition) is 2. The van der Waals surface area contributed by atoms with Gasteiger partial charge in [-0.05, 0) is 49.3 Å². The summed E-state index contributed by atoms with van der Waals surface area (Å²) < 4.78 is 0. The molecule has 4 heteroatoms. The van der Waals surface area contributed by atoms with Gasteiger partial charge in [-0.3, -0.25) is 9.98 Å². The molecule has 1 fully saturated rings. The molecule has 1 saturated carbocycles. The molecule has 2 rings (SSSR count). The van der Waals surface area contributed by atoms with Crippen molar-refractivity contribution in [3.63, 3.8) is 0 Å². The number of nitrogens with one attached hydrogen (secondary N) is 2. The molecular weight excluding hydrogens is 260 g/mol. The highest BCUT2D eigenvalue weighted by atomic mass is 15.2. The highest BCUT2D eigenvalue weighted by Gasteiger charge is 2.19. The zero-order valence-corrected chi connectivity index (χ0v) is 13.5. The van der Waals surface area contributed by atoms with Gasteiger partial charge in [-0.15, -0.1) is 0 Å². The number of aliphatic imine (C=N–C) groups is 1. The number of rotatable bonds is 4. The number of guanidine groups is 1. The topological polar surface area (TPSA) is 49.3 Å². The molecule has 0 aromatic carbocycles. The van der Waals surface area contributed by atoms with Crippen LogP contribution in [-0.2, 0) is 6.42 Å². The molecular formula is C17H28N4. The second-order valence-electron chi connectivity index (χ2n) is 6.16. The van der Waals surface area contributed by atoms with E-state index in [-0.39, 0.29) is 0 Å². The van der Waals surface area contributed by atoms with Gasteiger partial charge in [-0.2, -0.15) is 0 Å². The smallest absolute Gasteiger partial charge is 0.191 e. The molecule has 21 heavy (non-hydrogen) atoms. The molecule has 0 bridgehead atoms. The lowest BCUT2D eigenvalue weighted by atomic mass is 9.87. The van der Waals surface area contributed by atoms with Crippen LogP contribution in [0.5, 0.6) is 0 Å². The summed E-state index contributed by atoms with van der Waals surface area (Å²) in [7, 11) is 1.85. The zero-order chi connectivity index (χ0) is 15.1. The molecule has 2 atom stereocenters. The third-order valence-electron chi connectivity index (χ3n) is 4.32. The van der Waals surface area contributed by atoms with Gasteiger partial charge in [0.1, 0.15) is 0 Å². The van der Waals surface area contributed by atoms with Crippen molar-refractivity contribution in [3.8, 4) is 0 Å². The lowest BCUT2D eigenvalue weighted by molar-refractivity contribution is 0.324. The third-order valence-corrected chi connectivity index (χ3v) is 4.32. The molecule has 1 heterocycles. The maximum atomic E-state index is 4.34. The second-order valence-corrected chi connectivity index (χ2v) is 6.16. The van der Waals surface area contributed by atoms with E-state index in [0.717, 1.165) is 24.8 Å². The van der Waals surface area contributed by atoms with Crippen LogP contribution in [0, 0.1) is 12.8 Å². The van der Waals surface area contributed by atoms with Gasteiger partial charge < -0.3 is 10.6 Å². The molecule has 2 unspecified atom stereocenters. The Labute approximate surface area is 128 Å². The number of nitrogens with zero attached hydrogens (tertiary/aromatic N) is 2. The van der Waals surface area contributed by atoms with Crippen LogP contribution < -0.4 is 10.6 Å². The highest BCUT2D eigenvalue weighted by Crippen LogP contribution is 2.23. The first-order valence-corrected chi connectivity index (χ1v) is 8.05. The number of pyridine rings is 1. The van der Waals surface area contributed by atoms with E-state index >= 15 is 0 Å². The molecule has 0 aliphatic heterocycles. The molecule has 4 nitrogen and oxygen atoms in total. The van der Waals surface area contributed by atoms with Crippen LogP contribution in [-0.4, -0.2) is 30.6 Å². The van der Waals surface area contributed by atoms with Gasteiger partial charge in [-0.1, -0.05) is 19.8 Å². The minimum Gasteiger partial charge on any atom is -0.356 e. The zero-order valence-electron chi connectivity index (χ0n) is 13.5. The van der Waals surface area contributed by atoms with Gasteiger partial charge in [0, 0.05) is 32.0 Å². The predicted molar refractivity (Wildman–Crippen MR) is 88.6 cm³/mol. The molecule has 2 N–H and O–H groups in total. The second kappa shape index (κ2) is 8.01. The molecule has 0 radical (unpaired) electrons. The van der Waals surface area contributed by atoms with Crippen molar-refractivity contribution in [1.82, 2.24) is 15.6 Å². The first-order valence-electron chi connectivity index (χ1n) is 8.05. The summed E-state index contributed by atoms with van der Waals surface area (Å²) in [5, 5.41) is 6.99. The largest absolute Gasteiger partial charge is 0.356 e. The van der Waals surface area contributed by atoms with Gasteiger partial charge in [0.05, 0.1) is 0 Å². The van der Waals surface area contributed by atoms with Crippen molar-refractivity contribution in [2.75, 3.05) is 13.6 Å². The molecule has 1 aromatic rings. The Kier molecular flexibility index (Phi) is 6.03. The average molecular weight is 288 g/mol. The van der Waals surface area contributed by atoms with E-state index in [2.05, 4.69) is 40.5 Å². The molecule has 0 saturated heterocycles. The fraction of sp³-hybridized carbons (Fsp3) is 0.647. The van der Waals surface area contributed by atoms with Crippen LogP contribution in [0.3, 0.4) is 0 Å². The molecule has 1 aromatic heterocycles. The van der Waals surface area contributed by atoms with E-state index in [4.69, 9.17) is 0 Å². The van der Waals surface area contributed by atoms with Crippen LogP contribution >= 0.6 is 0 Å². The van der Waals surface area contributed by atoms with E-state index < -0.39 is 0 Å². The van der Waals surface area contributed by atoms with E-state index in [0.29, 0.717) is 6.04 Å². The van der Waals surface area contributed by atoms with Crippen molar-refractivity contribution in [3.05, 3.63) is 29.6 Å². The van der Waals surface area contributed by atoms with Crippen molar-refractivity contribution in [2.24, 2.45) is 10.9 Å². The Bertz CT molecular complexity index is 470. The quantitative estimate of drug-likeness (QED) is 0.661. The fourth-order valence-electron chi connectivity index (χ4n) is 3.05. The normalized spacial score (nSPS) is 22.9. The van der Waals surface area contributed by atoms with E-state index in [1.54, 1.807) is 0 Å². The van der Waals surface area contributed by atoms with E-state index in [1.807, 2.05) is 19.4 Å². The Hall–Kier alpha value is -1.58. The van der Waals surface area contributed by atoms with Gasteiger partial charge >= 0.3 is 0 Å². The summed E-state index contributed by atoms with van der Waals surface area (Å²) in [6.07, 6.45) is 9.98. The lowest BCUT2D eigenvalue weighted by Gasteiger charge is -2.28. The van der Waals surface area contributed by atoms with E-state index in [1.165, 1.54) is 36.8 Å². The number of aryl methyl sites for hydroxylation is 1. The maximum absolute atomic E-state index is 4.34. The maximum Gasteiger partial charge on any atom is 0.191 e. The fourth-order valence-corrected chi connectivity index (χ4v) is 3.05. The summed E-state index contributed by atoms with van der Waals surface area (Å²) in [6, 6.07) is 2.67. The summed E-state index contributed by atoms with van der Waals surface area (Å²) >= 11 is 0. The van der Waals surface area contributed by atoms with Crippen molar-refractivity contribution < 1.29 is 0 Å². The summed E-state index contributed by atoms with van der Waals surface area (Å²) in [5.74, 6) is 1.76. The minimum absolute atomic E-state index is 0.572. The minimum atomic E-state index is 0.572. The van der Waals surface area contributed by atoms with Gasteiger partial charge in [-0.25, -0.2) is 0 Å². The van der Waals surface area contributed by atoms with Crippen LogP contribution in [0.2, 0.25) is 0 Å².